The van der Waals surface area contributed by atoms with E-state index in [9.17, 15) is 5.11 Å². The Balaban J connectivity index is 3.21. The number of rotatable bonds is 18. The van der Waals surface area contributed by atoms with Crippen molar-refractivity contribution >= 4 is 0 Å². The van der Waals surface area contributed by atoms with Crippen molar-refractivity contribution in [3.8, 4) is 0 Å². The SMILES string of the molecule is CCCCCCCCC=CCCCCCCCCC(C)(O)OCC. The minimum Gasteiger partial charge on any atom is -0.366 e. The molecular weight excluding hydrogens is 296 g/mol. The number of allylic oxidation sites excluding steroid dienone is 2. The van der Waals surface area contributed by atoms with E-state index in [0.717, 1.165) is 12.8 Å². The van der Waals surface area contributed by atoms with Gasteiger partial charge >= 0.3 is 0 Å². The van der Waals surface area contributed by atoms with Crippen LogP contribution in [0.2, 0.25) is 0 Å². The smallest absolute Gasteiger partial charge is 0.162 e. The molecule has 0 saturated heterocycles. The molecule has 0 aromatic heterocycles. The number of ether oxygens (including phenoxy) is 1. The average molecular weight is 341 g/mol. The highest BCUT2D eigenvalue weighted by atomic mass is 16.6. The first kappa shape index (κ1) is 23.7. The Hall–Kier alpha value is -0.340. The number of hydrogen-bond donors (Lipinski definition) is 1. The molecule has 0 rings (SSSR count). The first-order valence-electron chi connectivity index (χ1n) is 10.6. The predicted molar refractivity (Wildman–Crippen MR) is 106 cm³/mol. The number of aliphatic hydroxyl groups is 1. The Morgan fingerprint density at radius 2 is 1.17 bits per heavy atom. The van der Waals surface area contributed by atoms with Gasteiger partial charge in [0.05, 0.1) is 0 Å². The maximum absolute atomic E-state index is 9.90. The second-order valence-corrected chi connectivity index (χ2v) is 7.30. The van der Waals surface area contributed by atoms with Crippen molar-refractivity contribution in [3.05, 3.63) is 12.2 Å². The van der Waals surface area contributed by atoms with Crippen molar-refractivity contribution < 1.29 is 9.84 Å². The van der Waals surface area contributed by atoms with E-state index >= 15 is 0 Å². The van der Waals surface area contributed by atoms with Crippen LogP contribution in [0.25, 0.3) is 0 Å². The van der Waals surface area contributed by atoms with Gasteiger partial charge in [-0.3, -0.25) is 0 Å². The van der Waals surface area contributed by atoms with E-state index in [1.54, 1.807) is 6.92 Å². The van der Waals surface area contributed by atoms with Gasteiger partial charge in [0.1, 0.15) is 0 Å². The molecule has 0 aliphatic rings. The summed E-state index contributed by atoms with van der Waals surface area (Å²) in [5, 5.41) is 9.90. The molecule has 1 N–H and O–H groups in total. The molecule has 0 radical (unpaired) electrons. The lowest BCUT2D eigenvalue weighted by Gasteiger charge is -2.22. The van der Waals surface area contributed by atoms with Gasteiger partial charge in [-0.25, -0.2) is 0 Å². The molecule has 144 valence electrons. The minimum absolute atomic E-state index is 0.583. The van der Waals surface area contributed by atoms with E-state index in [1.165, 1.54) is 83.5 Å². The zero-order chi connectivity index (χ0) is 17.9. The van der Waals surface area contributed by atoms with Crippen LogP contribution in [0.3, 0.4) is 0 Å². The molecule has 0 amide bonds. The van der Waals surface area contributed by atoms with Gasteiger partial charge in [0.15, 0.2) is 5.79 Å². The zero-order valence-corrected chi connectivity index (χ0v) is 16.8. The lowest BCUT2D eigenvalue weighted by Crippen LogP contribution is -2.27. The Morgan fingerprint density at radius 3 is 1.67 bits per heavy atom. The Labute approximate surface area is 152 Å². The molecule has 0 fully saturated rings. The summed E-state index contributed by atoms with van der Waals surface area (Å²) in [6.07, 6.45) is 23.9. The summed E-state index contributed by atoms with van der Waals surface area (Å²) in [6, 6.07) is 0. The standard InChI is InChI=1S/C22H44O2/c1-4-6-7-8-9-10-11-12-13-14-15-16-17-18-19-20-21-22(3,23)24-5-2/h12-13,23H,4-11,14-21H2,1-3H3. The van der Waals surface area contributed by atoms with Crippen molar-refractivity contribution in [1.82, 2.24) is 0 Å². The molecule has 24 heavy (non-hydrogen) atoms. The Kier molecular flexibility index (Phi) is 17.2. The second kappa shape index (κ2) is 17.5. The molecule has 0 aromatic rings. The van der Waals surface area contributed by atoms with Crippen LogP contribution in [0.4, 0.5) is 0 Å². The fourth-order valence-electron chi connectivity index (χ4n) is 3.08. The molecule has 0 aromatic carbocycles. The van der Waals surface area contributed by atoms with Gasteiger partial charge < -0.3 is 9.84 Å². The van der Waals surface area contributed by atoms with Crippen LogP contribution in [0.15, 0.2) is 12.2 Å². The van der Waals surface area contributed by atoms with E-state index in [1.807, 2.05) is 6.92 Å². The largest absolute Gasteiger partial charge is 0.366 e. The maximum Gasteiger partial charge on any atom is 0.162 e. The third kappa shape index (κ3) is 18.0. The lowest BCUT2D eigenvalue weighted by atomic mass is 10.0. The predicted octanol–water partition coefficient (Wildman–Crippen LogP) is 7.16. The number of hydrogen-bond acceptors (Lipinski definition) is 2. The molecule has 1 unspecified atom stereocenters. The van der Waals surface area contributed by atoms with Crippen molar-refractivity contribution in [1.29, 1.82) is 0 Å². The van der Waals surface area contributed by atoms with Crippen LogP contribution in [0.5, 0.6) is 0 Å². The third-order valence-corrected chi connectivity index (χ3v) is 4.61. The van der Waals surface area contributed by atoms with Crippen molar-refractivity contribution in [2.45, 2.75) is 123 Å². The lowest BCUT2D eigenvalue weighted by molar-refractivity contribution is -0.191. The fourth-order valence-corrected chi connectivity index (χ4v) is 3.08. The van der Waals surface area contributed by atoms with E-state index < -0.39 is 5.79 Å². The van der Waals surface area contributed by atoms with Crippen LogP contribution in [0, 0.1) is 0 Å². The molecule has 0 bridgehead atoms. The molecule has 2 heteroatoms. The minimum atomic E-state index is -0.921. The normalized spacial score (nSPS) is 14.3. The van der Waals surface area contributed by atoms with E-state index in [-0.39, 0.29) is 0 Å². The summed E-state index contributed by atoms with van der Waals surface area (Å²) in [7, 11) is 0. The molecule has 0 aliphatic carbocycles. The summed E-state index contributed by atoms with van der Waals surface area (Å²) in [5.41, 5.74) is 0. The highest BCUT2D eigenvalue weighted by Gasteiger charge is 2.18. The van der Waals surface area contributed by atoms with Gasteiger partial charge in [-0.2, -0.15) is 0 Å². The highest BCUT2D eigenvalue weighted by molar-refractivity contribution is 4.81. The fraction of sp³-hybridized carbons (Fsp3) is 0.909. The first-order chi connectivity index (χ1) is 11.6. The van der Waals surface area contributed by atoms with Crippen LogP contribution in [-0.4, -0.2) is 17.5 Å². The summed E-state index contributed by atoms with van der Waals surface area (Å²) in [6.45, 7) is 6.56. The van der Waals surface area contributed by atoms with Gasteiger partial charge in [-0.15, -0.1) is 0 Å². The van der Waals surface area contributed by atoms with Crippen LogP contribution >= 0.6 is 0 Å². The zero-order valence-electron chi connectivity index (χ0n) is 16.8. The van der Waals surface area contributed by atoms with Crippen LogP contribution < -0.4 is 0 Å². The molecule has 0 aliphatic heterocycles. The number of unbranched alkanes of at least 4 members (excludes halogenated alkanes) is 12. The molecule has 2 nitrogen and oxygen atoms in total. The van der Waals surface area contributed by atoms with Crippen molar-refractivity contribution in [3.63, 3.8) is 0 Å². The topological polar surface area (TPSA) is 29.5 Å². The van der Waals surface area contributed by atoms with Gasteiger partial charge in [-0.1, -0.05) is 76.9 Å². The maximum atomic E-state index is 9.90. The van der Waals surface area contributed by atoms with E-state index in [4.69, 9.17) is 4.74 Å². The van der Waals surface area contributed by atoms with Crippen LogP contribution in [0.1, 0.15) is 117 Å². The van der Waals surface area contributed by atoms with Gasteiger partial charge in [0.2, 0.25) is 0 Å². The summed E-state index contributed by atoms with van der Waals surface area (Å²) >= 11 is 0. The summed E-state index contributed by atoms with van der Waals surface area (Å²) < 4.78 is 5.30. The Morgan fingerprint density at radius 1 is 0.708 bits per heavy atom. The van der Waals surface area contributed by atoms with Gasteiger partial charge in [0.25, 0.3) is 0 Å². The Bertz CT molecular complexity index is 271. The molecule has 0 saturated carbocycles. The average Bonchev–Trinajstić information content (AvgIpc) is 2.54. The van der Waals surface area contributed by atoms with Gasteiger partial charge in [0, 0.05) is 13.0 Å². The van der Waals surface area contributed by atoms with E-state index in [2.05, 4.69) is 19.1 Å². The van der Waals surface area contributed by atoms with Crippen molar-refractivity contribution in [2.75, 3.05) is 6.61 Å². The first-order valence-corrected chi connectivity index (χ1v) is 10.6. The second-order valence-electron chi connectivity index (χ2n) is 7.30. The monoisotopic (exact) mass is 340 g/mol. The molecular formula is C22H44O2. The summed E-state index contributed by atoms with van der Waals surface area (Å²) in [4.78, 5) is 0. The van der Waals surface area contributed by atoms with Crippen molar-refractivity contribution in [2.24, 2.45) is 0 Å². The quantitative estimate of drug-likeness (QED) is 0.163. The molecule has 1 atom stereocenters. The van der Waals surface area contributed by atoms with E-state index in [0.29, 0.717) is 6.61 Å². The van der Waals surface area contributed by atoms with Crippen LogP contribution in [-0.2, 0) is 4.74 Å². The van der Waals surface area contributed by atoms with Gasteiger partial charge in [-0.05, 0) is 46.0 Å². The third-order valence-electron chi connectivity index (χ3n) is 4.61. The highest BCUT2D eigenvalue weighted by Crippen LogP contribution is 2.17. The molecule has 0 spiro atoms. The molecule has 0 heterocycles. The summed E-state index contributed by atoms with van der Waals surface area (Å²) in [5.74, 6) is -0.921.